The third-order valence-electron chi connectivity index (χ3n) is 14.7. The summed E-state index contributed by atoms with van der Waals surface area (Å²) in [7, 11) is 2.54. The van der Waals surface area contributed by atoms with Crippen LogP contribution in [-0.2, 0) is 25.0 Å². The van der Waals surface area contributed by atoms with Crippen LogP contribution in [0.3, 0.4) is 0 Å². The number of H-pyrrole nitrogens is 2. The van der Waals surface area contributed by atoms with E-state index in [1.54, 1.807) is 29.3 Å². The number of halogens is 2. The van der Waals surface area contributed by atoms with Crippen molar-refractivity contribution in [3.05, 3.63) is 83.6 Å². The van der Waals surface area contributed by atoms with Gasteiger partial charge >= 0.3 is 12.2 Å². The topological polar surface area (TPSA) is 175 Å². The Kier molecular flexibility index (Phi) is 10.3. The first-order valence-corrected chi connectivity index (χ1v) is 22.6. The van der Waals surface area contributed by atoms with E-state index >= 15 is 8.78 Å². The van der Waals surface area contributed by atoms with Crippen LogP contribution in [0.25, 0.3) is 44.5 Å². The first-order chi connectivity index (χ1) is 31.1. The van der Waals surface area contributed by atoms with Gasteiger partial charge in [-0.2, -0.15) is 8.78 Å². The predicted molar refractivity (Wildman–Crippen MR) is 237 cm³/mol. The number of benzene rings is 3. The minimum Gasteiger partial charge on any atom is -0.453 e. The maximum atomic E-state index is 16.7. The highest BCUT2D eigenvalue weighted by molar-refractivity contribution is 5.89. The molecule has 6 atom stereocenters. The summed E-state index contributed by atoms with van der Waals surface area (Å²) in [6, 6.07) is 13.8. The second-order valence-electron chi connectivity index (χ2n) is 19.4. The van der Waals surface area contributed by atoms with Crippen molar-refractivity contribution in [2.45, 2.75) is 102 Å². The van der Waals surface area contributed by atoms with E-state index in [2.05, 4.69) is 20.6 Å². The van der Waals surface area contributed by atoms with Gasteiger partial charge in [0.25, 0.3) is 5.92 Å². The number of fused-ring (bicyclic) bond motifs is 6. The normalized spacial score (nSPS) is 22.9. The average Bonchev–Trinajstić information content (AvgIpc) is 3.95. The molecule has 5 aliphatic rings. The fourth-order valence-electron chi connectivity index (χ4n) is 11.0. The number of carbonyl (C=O) groups is 4. The minimum absolute atomic E-state index is 0.0102. The second kappa shape index (κ2) is 15.7. The number of ether oxygens (including phenoxy) is 2. The first kappa shape index (κ1) is 42.6. The third-order valence-corrected chi connectivity index (χ3v) is 14.7. The number of nitrogens with zero attached hydrogens (tertiary/aromatic N) is 4. The zero-order valence-electron chi connectivity index (χ0n) is 37.3. The van der Waals surface area contributed by atoms with Crippen LogP contribution in [0.4, 0.5) is 18.4 Å². The Morgan fingerprint density at radius 2 is 1.40 bits per heavy atom. The van der Waals surface area contributed by atoms with Crippen LogP contribution in [0.5, 0.6) is 0 Å². The van der Waals surface area contributed by atoms with Crippen LogP contribution in [-0.4, -0.2) is 92.6 Å². The number of piperidine rings is 1. The van der Waals surface area contributed by atoms with Crippen LogP contribution in [0.1, 0.15) is 101 Å². The van der Waals surface area contributed by atoms with E-state index in [-0.39, 0.29) is 64.2 Å². The van der Waals surface area contributed by atoms with Crippen molar-refractivity contribution < 1.29 is 37.4 Å². The lowest BCUT2D eigenvalue weighted by molar-refractivity contribution is -0.139. The summed E-state index contributed by atoms with van der Waals surface area (Å²) in [6.07, 6.45) is 5.75. The fourth-order valence-corrected chi connectivity index (χ4v) is 11.0. The van der Waals surface area contributed by atoms with Crippen LogP contribution in [0.15, 0.2) is 60.8 Å². The quantitative estimate of drug-likeness (QED) is 0.108. The van der Waals surface area contributed by atoms with Crippen molar-refractivity contribution >= 4 is 35.0 Å². The van der Waals surface area contributed by atoms with Gasteiger partial charge in [0.15, 0.2) is 0 Å². The van der Waals surface area contributed by atoms with Crippen molar-refractivity contribution in [1.82, 2.24) is 40.4 Å². The summed E-state index contributed by atoms with van der Waals surface area (Å²) in [5.74, 6) is -2.53. The summed E-state index contributed by atoms with van der Waals surface area (Å²) >= 11 is 0. The molecule has 65 heavy (non-hydrogen) atoms. The molecule has 340 valence electrons. The highest BCUT2D eigenvalue weighted by Crippen LogP contribution is 2.59. The number of hydrogen-bond acceptors (Lipinski definition) is 8. The summed E-state index contributed by atoms with van der Waals surface area (Å²) in [5, 5.41) is 5.43. The molecule has 3 aliphatic carbocycles. The molecule has 3 aromatic carbocycles. The minimum atomic E-state index is -3.29. The van der Waals surface area contributed by atoms with Crippen LogP contribution in [0.2, 0.25) is 0 Å². The predicted octanol–water partition coefficient (Wildman–Crippen LogP) is 8.61. The SMILES string of the molecule is COC(=O)NC(C(=O)N1[C@@H]2CC[C@@H](C2)[C@H]1c1nc2ccc(-c3ccc4c(c3)C(F)(F)c3cc(-c5cnc([C@@H]6CC7(CC7)CN6C(=O)[C@@H](NC(=O)OC)C(C)C)[nH]5)ccc3-4)cc2[nH]1)C(C)C. The van der Waals surface area contributed by atoms with E-state index < -0.39 is 30.2 Å². The first-order valence-electron chi connectivity index (χ1n) is 22.6. The Hall–Kier alpha value is -6.32. The molecule has 2 aromatic heterocycles. The van der Waals surface area contributed by atoms with Crippen molar-refractivity contribution in [2.24, 2.45) is 23.2 Å². The Labute approximate surface area is 375 Å². The van der Waals surface area contributed by atoms with Crippen molar-refractivity contribution in [3.8, 4) is 33.5 Å². The lowest BCUT2D eigenvalue weighted by Gasteiger charge is -2.37. The molecule has 1 spiro atoms. The Morgan fingerprint density at radius 1 is 0.785 bits per heavy atom. The number of rotatable bonds is 10. The van der Waals surface area contributed by atoms with Gasteiger partial charge in [0.1, 0.15) is 23.7 Å². The molecule has 4 fully saturated rings. The zero-order valence-corrected chi connectivity index (χ0v) is 37.3. The Bertz CT molecular complexity index is 2740. The van der Waals surface area contributed by atoms with Crippen molar-refractivity contribution in [3.63, 3.8) is 0 Å². The number of carbonyl (C=O) groups excluding carboxylic acids is 4. The molecule has 5 aromatic rings. The number of aromatic nitrogens is 4. The standard InChI is InChI=1S/C49H54F2N8O6/c1-24(2)39(56-46(62)64-5)44(60)58-23-48(15-16-48)21-38(58)42-52-22-37(55-42)28-9-13-32-31-12-8-26(18-33(31)49(50,51)34(32)19-28)27-10-14-35-36(20-27)54-43(53-35)41-29-7-11-30(17-29)59(41)45(61)40(25(3)4)57-47(63)65-6/h8-10,12-14,18-20,22,24-25,29-30,38-41H,7,11,15-17,21,23H2,1-6H3,(H,52,55)(H,53,54)(H,56,62)(H,57,63)/t29-,30+,38-,39-,40?,41-/m0/s1. The molecule has 1 unspecified atom stereocenters. The average molecular weight is 889 g/mol. The largest absolute Gasteiger partial charge is 0.453 e. The molecule has 2 aliphatic heterocycles. The molecule has 4 N–H and O–H groups in total. The molecule has 2 bridgehead atoms. The number of likely N-dealkylation sites (tertiary alicyclic amines) is 2. The van der Waals surface area contributed by atoms with E-state index in [1.165, 1.54) is 20.3 Å². The Balaban J connectivity index is 0.896. The van der Waals surface area contributed by atoms with Gasteiger partial charge in [-0.15, -0.1) is 0 Å². The Morgan fingerprint density at radius 3 is 2.05 bits per heavy atom. The molecular weight excluding hydrogens is 835 g/mol. The zero-order chi connectivity index (χ0) is 45.7. The van der Waals surface area contributed by atoms with Gasteiger partial charge in [-0.3, -0.25) is 9.59 Å². The van der Waals surface area contributed by atoms with Gasteiger partial charge < -0.3 is 39.9 Å². The van der Waals surface area contributed by atoms with Gasteiger partial charge in [-0.05, 0) is 108 Å². The molecule has 16 heteroatoms. The monoisotopic (exact) mass is 888 g/mol. The molecule has 10 rings (SSSR count). The number of methoxy groups -OCH3 is 2. The van der Waals surface area contributed by atoms with E-state index in [0.717, 1.165) is 49.6 Å². The van der Waals surface area contributed by atoms with Gasteiger partial charge in [0.05, 0.1) is 49.2 Å². The van der Waals surface area contributed by atoms with E-state index in [1.807, 2.05) is 62.9 Å². The number of nitrogens with one attached hydrogen (secondary N) is 4. The lowest BCUT2D eigenvalue weighted by Crippen LogP contribution is -2.54. The van der Waals surface area contributed by atoms with Gasteiger partial charge in [0.2, 0.25) is 11.8 Å². The molecule has 2 saturated heterocycles. The number of aromatic amines is 2. The molecule has 4 heterocycles. The van der Waals surface area contributed by atoms with Crippen LogP contribution < -0.4 is 10.6 Å². The summed E-state index contributed by atoms with van der Waals surface area (Å²) in [6.45, 7) is 8.09. The summed E-state index contributed by atoms with van der Waals surface area (Å²) in [4.78, 5) is 72.6. The molecule has 2 saturated carbocycles. The number of amides is 4. The van der Waals surface area contributed by atoms with Gasteiger partial charge in [-0.25, -0.2) is 19.6 Å². The smallest absolute Gasteiger partial charge is 0.407 e. The van der Waals surface area contributed by atoms with Gasteiger partial charge in [-0.1, -0.05) is 58.0 Å². The maximum absolute atomic E-state index is 16.7. The molecule has 14 nitrogen and oxygen atoms in total. The third kappa shape index (κ3) is 7.19. The summed E-state index contributed by atoms with van der Waals surface area (Å²) in [5.41, 5.74) is 4.68. The second-order valence-corrected chi connectivity index (χ2v) is 19.4. The summed E-state index contributed by atoms with van der Waals surface area (Å²) < 4.78 is 43.0. The van der Waals surface area contributed by atoms with Crippen LogP contribution in [0, 0.1) is 23.2 Å². The van der Waals surface area contributed by atoms with Crippen molar-refractivity contribution in [1.29, 1.82) is 0 Å². The molecule has 0 radical (unpaired) electrons. The van der Waals surface area contributed by atoms with E-state index in [4.69, 9.17) is 19.4 Å². The highest BCUT2D eigenvalue weighted by Gasteiger charge is 2.56. The highest BCUT2D eigenvalue weighted by atomic mass is 19.3. The number of hydrogen-bond donors (Lipinski definition) is 4. The number of imidazole rings is 2. The van der Waals surface area contributed by atoms with Crippen molar-refractivity contribution in [2.75, 3.05) is 20.8 Å². The fraction of sp³-hybridized carbons (Fsp3) is 0.469. The van der Waals surface area contributed by atoms with E-state index in [9.17, 15) is 19.2 Å². The lowest BCUT2D eigenvalue weighted by atomic mass is 9.95. The van der Waals surface area contributed by atoms with E-state index in [0.29, 0.717) is 51.7 Å². The molecular formula is C49H54F2N8O6. The number of alkyl carbamates (subject to hydrolysis) is 2. The van der Waals surface area contributed by atoms with Gasteiger partial charge in [0, 0.05) is 29.3 Å². The van der Waals surface area contributed by atoms with Crippen LogP contribution >= 0.6 is 0 Å². The maximum Gasteiger partial charge on any atom is 0.407 e. The number of alkyl halides is 2. The molecule has 4 amide bonds.